The minimum absolute atomic E-state index is 0.0133. The molecule has 0 saturated heterocycles. The van der Waals surface area contributed by atoms with Crippen LogP contribution in [0.2, 0.25) is 0 Å². The number of hydrogen-bond acceptors (Lipinski definition) is 3. The van der Waals surface area contributed by atoms with Crippen molar-refractivity contribution in [2.45, 2.75) is 25.8 Å². The normalized spacial score (nSPS) is 11.7. The van der Waals surface area contributed by atoms with Gasteiger partial charge in [0, 0.05) is 30.9 Å². The lowest BCUT2D eigenvalue weighted by Gasteiger charge is -2.14. The van der Waals surface area contributed by atoms with Crippen LogP contribution in [0.15, 0.2) is 48.7 Å². The van der Waals surface area contributed by atoms with Gasteiger partial charge in [-0.2, -0.15) is 0 Å². The molecule has 0 aliphatic heterocycles. The molecule has 5 heteroatoms. The number of hydrogen-bond donors (Lipinski definition) is 3. The van der Waals surface area contributed by atoms with Crippen LogP contribution in [0.4, 0.5) is 4.79 Å². The quantitative estimate of drug-likeness (QED) is 0.766. The number of nitrogens with zero attached hydrogens (tertiary/aromatic N) is 1. The van der Waals surface area contributed by atoms with Gasteiger partial charge >= 0.3 is 6.03 Å². The van der Waals surface area contributed by atoms with Crippen LogP contribution in [-0.4, -0.2) is 28.7 Å². The summed E-state index contributed by atoms with van der Waals surface area (Å²) in [5.74, 6) is 0.247. The maximum absolute atomic E-state index is 11.8. The summed E-state index contributed by atoms with van der Waals surface area (Å²) in [5.41, 5.74) is 2.03. The summed E-state index contributed by atoms with van der Waals surface area (Å²) >= 11 is 0. The third-order valence-electron chi connectivity index (χ3n) is 3.25. The molecular weight excluding hydrogens is 278 g/mol. The number of nitrogens with one attached hydrogen (secondary N) is 2. The molecule has 2 aromatic rings. The van der Waals surface area contributed by atoms with E-state index in [1.54, 1.807) is 18.3 Å². The SMILES string of the molecule is CC(Cc1ccc(O)cc1)NC(=O)NCCc1ccccn1. The lowest BCUT2D eigenvalue weighted by Crippen LogP contribution is -2.42. The van der Waals surface area contributed by atoms with E-state index in [0.717, 1.165) is 11.3 Å². The summed E-state index contributed by atoms with van der Waals surface area (Å²) < 4.78 is 0. The highest BCUT2D eigenvalue weighted by atomic mass is 16.3. The van der Waals surface area contributed by atoms with E-state index in [1.165, 1.54) is 0 Å². The Bertz CT molecular complexity index is 585. The van der Waals surface area contributed by atoms with Crippen LogP contribution < -0.4 is 10.6 Å². The van der Waals surface area contributed by atoms with Crippen molar-refractivity contribution >= 4 is 6.03 Å². The number of pyridine rings is 1. The Morgan fingerprint density at radius 1 is 1.23 bits per heavy atom. The second kappa shape index (κ2) is 8.02. The number of aromatic hydroxyl groups is 1. The fourth-order valence-corrected chi connectivity index (χ4v) is 2.16. The standard InChI is InChI=1S/C17H21N3O2/c1-13(12-14-5-7-16(21)8-6-14)20-17(22)19-11-9-15-4-2-3-10-18-15/h2-8,10,13,21H,9,11-12H2,1H3,(H2,19,20,22). The average molecular weight is 299 g/mol. The first-order chi connectivity index (χ1) is 10.6. The molecule has 0 bridgehead atoms. The molecule has 3 N–H and O–H groups in total. The smallest absolute Gasteiger partial charge is 0.315 e. The van der Waals surface area contributed by atoms with Gasteiger partial charge in [0.25, 0.3) is 0 Å². The minimum atomic E-state index is -0.179. The molecule has 1 atom stereocenters. The summed E-state index contributed by atoms with van der Waals surface area (Å²) in [6, 6.07) is 12.6. The second-order valence-electron chi connectivity index (χ2n) is 5.24. The first-order valence-electron chi connectivity index (χ1n) is 7.35. The zero-order valence-corrected chi connectivity index (χ0v) is 12.6. The van der Waals surface area contributed by atoms with E-state index in [0.29, 0.717) is 19.4 Å². The third-order valence-corrected chi connectivity index (χ3v) is 3.25. The average Bonchev–Trinajstić information content (AvgIpc) is 2.50. The third kappa shape index (κ3) is 5.44. The molecule has 0 radical (unpaired) electrons. The van der Waals surface area contributed by atoms with E-state index >= 15 is 0 Å². The van der Waals surface area contributed by atoms with E-state index in [1.807, 2.05) is 37.3 Å². The number of benzene rings is 1. The summed E-state index contributed by atoms with van der Waals surface area (Å²) in [5, 5.41) is 15.0. The molecule has 2 amide bonds. The zero-order valence-electron chi connectivity index (χ0n) is 12.6. The molecule has 22 heavy (non-hydrogen) atoms. The molecule has 116 valence electrons. The van der Waals surface area contributed by atoms with Crippen molar-refractivity contribution < 1.29 is 9.90 Å². The minimum Gasteiger partial charge on any atom is -0.508 e. The van der Waals surface area contributed by atoms with Gasteiger partial charge < -0.3 is 15.7 Å². The number of carbonyl (C=O) groups excluding carboxylic acids is 1. The predicted octanol–water partition coefficient (Wildman–Crippen LogP) is 2.26. The van der Waals surface area contributed by atoms with Crippen molar-refractivity contribution in [3.05, 3.63) is 59.9 Å². The molecule has 0 saturated carbocycles. The molecular formula is C17H21N3O2. The highest BCUT2D eigenvalue weighted by Gasteiger charge is 2.07. The van der Waals surface area contributed by atoms with Crippen molar-refractivity contribution in [1.82, 2.24) is 15.6 Å². The molecule has 0 spiro atoms. The fraction of sp³-hybridized carbons (Fsp3) is 0.294. The van der Waals surface area contributed by atoms with Crippen LogP contribution in [0.5, 0.6) is 5.75 Å². The Morgan fingerprint density at radius 3 is 2.68 bits per heavy atom. The lowest BCUT2D eigenvalue weighted by molar-refractivity contribution is 0.238. The van der Waals surface area contributed by atoms with E-state index in [-0.39, 0.29) is 17.8 Å². The van der Waals surface area contributed by atoms with Crippen LogP contribution in [-0.2, 0) is 12.8 Å². The molecule has 1 unspecified atom stereocenters. The Kier molecular flexibility index (Phi) is 5.77. The maximum atomic E-state index is 11.8. The number of phenols is 1. The van der Waals surface area contributed by atoms with Crippen molar-refractivity contribution in [2.75, 3.05) is 6.54 Å². The molecule has 5 nitrogen and oxygen atoms in total. The second-order valence-corrected chi connectivity index (χ2v) is 5.24. The first-order valence-corrected chi connectivity index (χ1v) is 7.35. The van der Waals surface area contributed by atoms with Gasteiger partial charge in [0.1, 0.15) is 5.75 Å². The highest BCUT2D eigenvalue weighted by Crippen LogP contribution is 2.11. The number of amides is 2. The molecule has 0 fully saturated rings. The number of phenolic OH excluding ortho intramolecular Hbond substituents is 1. The highest BCUT2D eigenvalue weighted by molar-refractivity contribution is 5.74. The number of aromatic nitrogens is 1. The molecule has 1 heterocycles. The van der Waals surface area contributed by atoms with E-state index < -0.39 is 0 Å². The summed E-state index contributed by atoms with van der Waals surface area (Å²) in [6.45, 7) is 2.50. The van der Waals surface area contributed by atoms with Crippen LogP contribution >= 0.6 is 0 Å². The lowest BCUT2D eigenvalue weighted by atomic mass is 10.1. The van der Waals surface area contributed by atoms with Gasteiger partial charge in [0.15, 0.2) is 0 Å². The van der Waals surface area contributed by atoms with Gasteiger partial charge in [-0.05, 0) is 43.2 Å². The van der Waals surface area contributed by atoms with Crippen LogP contribution in [0, 0.1) is 0 Å². The number of urea groups is 1. The number of carbonyl (C=O) groups is 1. The van der Waals surface area contributed by atoms with Crippen LogP contribution in [0.1, 0.15) is 18.2 Å². The Balaban J connectivity index is 1.68. The Morgan fingerprint density at radius 2 is 2.00 bits per heavy atom. The monoisotopic (exact) mass is 299 g/mol. The van der Waals surface area contributed by atoms with Crippen molar-refractivity contribution in [3.63, 3.8) is 0 Å². The van der Waals surface area contributed by atoms with Crippen LogP contribution in [0.3, 0.4) is 0 Å². The largest absolute Gasteiger partial charge is 0.508 e. The van der Waals surface area contributed by atoms with Crippen molar-refractivity contribution in [1.29, 1.82) is 0 Å². The molecule has 0 aliphatic carbocycles. The van der Waals surface area contributed by atoms with E-state index in [4.69, 9.17) is 0 Å². The van der Waals surface area contributed by atoms with Gasteiger partial charge in [0.2, 0.25) is 0 Å². The summed E-state index contributed by atoms with van der Waals surface area (Å²) in [4.78, 5) is 16.0. The van der Waals surface area contributed by atoms with Crippen molar-refractivity contribution in [3.8, 4) is 5.75 Å². The van der Waals surface area contributed by atoms with Crippen LogP contribution in [0.25, 0.3) is 0 Å². The maximum Gasteiger partial charge on any atom is 0.315 e. The summed E-state index contributed by atoms with van der Waals surface area (Å²) in [6.07, 6.45) is 3.17. The fourth-order valence-electron chi connectivity index (χ4n) is 2.16. The van der Waals surface area contributed by atoms with Gasteiger partial charge in [-0.15, -0.1) is 0 Å². The van der Waals surface area contributed by atoms with Gasteiger partial charge in [-0.25, -0.2) is 4.79 Å². The summed E-state index contributed by atoms with van der Waals surface area (Å²) in [7, 11) is 0. The first kappa shape index (κ1) is 15.8. The predicted molar refractivity (Wildman–Crippen MR) is 85.7 cm³/mol. The van der Waals surface area contributed by atoms with E-state index in [9.17, 15) is 9.90 Å². The van der Waals surface area contributed by atoms with Gasteiger partial charge in [-0.3, -0.25) is 4.98 Å². The molecule has 1 aromatic carbocycles. The van der Waals surface area contributed by atoms with Gasteiger partial charge in [-0.1, -0.05) is 18.2 Å². The van der Waals surface area contributed by atoms with Gasteiger partial charge in [0.05, 0.1) is 0 Å². The Labute approximate surface area is 130 Å². The Hall–Kier alpha value is -2.56. The van der Waals surface area contributed by atoms with Crippen molar-refractivity contribution in [2.24, 2.45) is 0 Å². The zero-order chi connectivity index (χ0) is 15.8. The topological polar surface area (TPSA) is 74.2 Å². The molecule has 2 rings (SSSR count). The molecule has 0 aliphatic rings. The number of rotatable bonds is 6. The molecule has 1 aromatic heterocycles. The van der Waals surface area contributed by atoms with E-state index in [2.05, 4.69) is 15.6 Å².